The van der Waals surface area contributed by atoms with Crippen molar-refractivity contribution < 1.29 is 8.78 Å². The fourth-order valence-electron chi connectivity index (χ4n) is 3.48. The van der Waals surface area contributed by atoms with Gasteiger partial charge in [-0.25, -0.2) is 8.78 Å². The molecule has 2 fully saturated rings. The molecule has 0 N–H and O–H groups in total. The molecule has 0 aliphatic heterocycles. The molecule has 0 aromatic carbocycles. The van der Waals surface area contributed by atoms with Crippen molar-refractivity contribution in [3.8, 4) is 0 Å². The molecule has 0 radical (unpaired) electrons. The van der Waals surface area contributed by atoms with Crippen LogP contribution in [0.25, 0.3) is 0 Å². The van der Waals surface area contributed by atoms with Crippen molar-refractivity contribution in [2.24, 2.45) is 11.8 Å². The quantitative estimate of drug-likeness (QED) is 0.680. The van der Waals surface area contributed by atoms with E-state index in [-0.39, 0.29) is 12.8 Å². The predicted molar refractivity (Wildman–Crippen MR) is 70.8 cm³/mol. The first-order valence-corrected chi connectivity index (χ1v) is 8.28. The molecule has 0 aromatic rings. The molecule has 2 rings (SSSR count). The summed E-state index contributed by atoms with van der Waals surface area (Å²) in [7, 11) is 0. The first-order chi connectivity index (χ1) is 8.09. The fraction of sp³-hybridized carbons (Fsp3) is 1.00. The highest BCUT2D eigenvalue weighted by Crippen LogP contribution is 2.41. The van der Waals surface area contributed by atoms with Gasteiger partial charge in [0.2, 0.25) is 5.92 Å². The second kappa shape index (κ2) is 5.90. The summed E-state index contributed by atoms with van der Waals surface area (Å²) in [5.74, 6) is -0.955. The Morgan fingerprint density at radius 1 is 1.06 bits per heavy atom. The number of alkyl halides is 2. The van der Waals surface area contributed by atoms with Gasteiger partial charge >= 0.3 is 0 Å². The molecule has 2 saturated carbocycles. The van der Waals surface area contributed by atoms with E-state index in [9.17, 15) is 8.78 Å². The van der Waals surface area contributed by atoms with Crippen molar-refractivity contribution in [1.82, 2.24) is 0 Å². The van der Waals surface area contributed by atoms with Crippen LogP contribution in [0.1, 0.15) is 57.8 Å². The molecule has 17 heavy (non-hydrogen) atoms. The first-order valence-electron chi connectivity index (χ1n) is 7.00. The van der Waals surface area contributed by atoms with Crippen LogP contribution in [0.3, 0.4) is 0 Å². The van der Waals surface area contributed by atoms with Crippen LogP contribution in [-0.4, -0.2) is 17.4 Å². The maximum Gasteiger partial charge on any atom is 0.248 e. The minimum Gasteiger partial charge on any atom is -0.207 e. The lowest BCUT2D eigenvalue weighted by molar-refractivity contribution is -0.0484. The third-order valence-corrected chi connectivity index (χ3v) is 5.67. The summed E-state index contributed by atoms with van der Waals surface area (Å²) in [4.78, 5) is 0. The molecule has 0 spiro atoms. The molecule has 0 nitrogen and oxygen atoms in total. The summed E-state index contributed by atoms with van der Waals surface area (Å²) >= 11 is 1.99. The minimum atomic E-state index is -2.36. The van der Waals surface area contributed by atoms with E-state index in [1.807, 2.05) is 11.8 Å². The maximum atomic E-state index is 13.1. The Labute approximate surface area is 108 Å². The Balaban J connectivity index is 1.74. The van der Waals surface area contributed by atoms with Crippen LogP contribution >= 0.6 is 11.8 Å². The Hall–Kier alpha value is 0.210. The Morgan fingerprint density at radius 3 is 2.41 bits per heavy atom. The van der Waals surface area contributed by atoms with Crippen LogP contribution in [0.4, 0.5) is 8.78 Å². The normalized spacial score (nSPS) is 34.8. The predicted octanol–water partition coefficient (Wildman–Crippen LogP) is 5.12. The second-order valence-corrected chi connectivity index (χ2v) is 7.06. The van der Waals surface area contributed by atoms with Gasteiger partial charge in [0.1, 0.15) is 0 Å². The zero-order valence-corrected chi connectivity index (χ0v) is 11.6. The van der Waals surface area contributed by atoms with Crippen LogP contribution < -0.4 is 0 Å². The minimum absolute atomic E-state index is 0.135. The molecule has 0 saturated heterocycles. The van der Waals surface area contributed by atoms with Gasteiger partial charge in [-0.3, -0.25) is 0 Å². The largest absolute Gasteiger partial charge is 0.248 e. The lowest BCUT2D eigenvalue weighted by Gasteiger charge is -2.34. The summed E-state index contributed by atoms with van der Waals surface area (Å²) in [6.07, 6.45) is 10.6. The standard InChI is InChI=1S/C14H24F2S/c1-17-13-4-2-3-12(10-13)9-11-5-7-14(15,16)8-6-11/h11-13H,2-10H2,1H3. The van der Waals surface area contributed by atoms with Crippen molar-refractivity contribution in [3.63, 3.8) is 0 Å². The highest BCUT2D eigenvalue weighted by molar-refractivity contribution is 7.99. The number of halogens is 2. The molecule has 0 aromatic heterocycles. The van der Waals surface area contributed by atoms with Crippen molar-refractivity contribution >= 4 is 11.8 Å². The van der Waals surface area contributed by atoms with Gasteiger partial charge in [0, 0.05) is 18.1 Å². The average Bonchev–Trinajstić information content (AvgIpc) is 2.32. The van der Waals surface area contributed by atoms with Gasteiger partial charge in [0.05, 0.1) is 0 Å². The highest BCUT2D eigenvalue weighted by Gasteiger charge is 2.36. The van der Waals surface area contributed by atoms with Crippen LogP contribution in [0, 0.1) is 11.8 Å². The molecule has 100 valence electrons. The summed E-state index contributed by atoms with van der Waals surface area (Å²) in [6, 6.07) is 0. The SMILES string of the molecule is CSC1CCCC(CC2CCC(F)(F)CC2)C1. The molecule has 3 heteroatoms. The van der Waals surface area contributed by atoms with Gasteiger partial charge < -0.3 is 0 Å². The molecule has 2 aliphatic carbocycles. The number of rotatable bonds is 3. The van der Waals surface area contributed by atoms with Crippen molar-refractivity contribution in [3.05, 3.63) is 0 Å². The smallest absolute Gasteiger partial charge is 0.207 e. The first kappa shape index (κ1) is 13.6. The van der Waals surface area contributed by atoms with Gasteiger partial charge in [0.15, 0.2) is 0 Å². The third kappa shape index (κ3) is 4.11. The van der Waals surface area contributed by atoms with Gasteiger partial charge in [0.25, 0.3) is 0 Å². The summed E-state index contributed by atoms with van der Waals surface area (Å²) in [5.41, 5.74) is 0. The van der Waals surface area contributed by atoms with E-state index in [1.165, 1.54) is 32.1 Å². The van der Waals surface area contributed by atoms with Gasteiger partial charge in [-0.05, 0) is 50.2 Å². The molecule has 0 amide bonds. The molecule has 2 unspecified atom stereocenters. The number of hydrogen-bond acceptors (Lipinski definition) is 1. The Kier molecular flexibility index (Phi) is 4.73. The van der Waals surface area contributed by atoms with Crippen molar-refractivity contribution in [2.75, 3.05) is 6.26 Å². The highest BCUT2D eigenvalue weighted by atomic mass is 32.2. The Bertz CT molecular complexity index is 232. The van der Waals surface area contributed by atoms with Crippen LogP contribution in [0.2, 0.25) is 0 Å². The average molecular weight is 262 g/mol. The lowest BCUT2D eigenvalue weighted by atomic mass is 9.77. The van der Waals surface area contributed by atoms with Crippen LogP contribution in [-0.2, 0) is 0 Å². The van der Waals surface area contributed by atoms with E-state index in [4.69, 9.17) is 0 Å². The number of hydrogen-bond donors (Lipinski definition) is 0. The molecular formula is C14H24F2S. The van der Waals surface area contributed by atoms with Crippen LogP contribution in [0.15, 0.2) is 0 Å². The maximum absolute atomic E-state index is 13.1. The Morgan fingerprint density at radius 2 is 1.76 bits per heavy atom. The summed E-state index contributed by atoms with van der Waals surface area (Å²) in [6.45, 7) is 0. The van der Waals surface area contributed by atoms with E-state index in [2.05, 4.69) is 6.26 Å². The monoisotopic (exact) mass is 262 g/mol. The van der Waals surface area contributed by atoms with Gasteiger partial charge in [-0.1, -0.05) is 12.8 Å². The molecule has 0 heterocycles. The van der Waals surface area contributed by atoms with E-state index in [1.54, 1.807) is 0 Å². The summed E-state index contributed by atoms with van der Waals surface area (Å²) < 4.78 is 26.1. The topological polar surface area (TPSA) is 0 Å². The van der Waals surface area contributed by atoms with E-state index >= 15 is 0 Å². The zero-order chi connectivity index (χ0) is 12.3. The van der Waals surface area contributed by atoms with E-state index in [0.717, 1.165) is 24.0 Å². The van der Waals surface area contributed by atoms with Crippen molar-refractivity contribution in [1.29, 1.82) is 0 Å². The molecule has 2 atom stereocenters. The zero-order valence-electron chi connectivity index (χ0n) is 10.8. The van der Waals surface area contributed by atoms with Gasteiger partial charge in [-0.15, -0.1) is 0 Å². The van der Waals surface area contributed by atoms with Crippen molar-refractivity contribution in [2.45, 2.75) is 69.0 Å². The van der Waals surface area contributed by atoms with Gasteiger partial charge in [-0.2, -0.15) is 11.8 Å². The second-order valence-electron chi connectivity index (χ2n) is 5.93. The molecular weight excluding hydrogens is 238 g/mol. The molecule has 2 aliphatic rings. The fourth-order valence-corrected chi connectivity index (χ4v) is 4.34. The third-order valence-electron chi connectivity index (χ3n) is 4.57. The van der Waals surface area contributed by atoms with E-state index < -0.39 is 5.92 Å². The summed E-state index contributed by atoms with van der Waals surface area (Å²) in [5, 5.41) is 0.832. The number of thioether (sulfide) groups is 1. The lowest BCUT2D eigenvalue weighted by Crippen LogP contribution is -2.27. The van der Waals surface area contributed by atoms with Crippen LogP contribution in [0.5, 0.6) is 0 Å². The van der Waals surface area contributed by atoms with E-state index in [0.29, 0.717) is 5.92 Å². The molecule has 0 bridgehead atoms.